The minimum atomic E-state index is -0.699. The Balaban J connectivity index is 2.20. The van der Waals surface area contributed by atoms with Gasteiger partial charge in [-0.3, -0.25) is 0 Å². The molecule has 0 amide bonds. The van der Waals surface area contributed by atoms with Crippen molar-refractivity contribution in [2.75, 3.05) is 5.73 Å². The highest BCUT2D eigenvalue weighted by molar-refractivity contribution is 6.33. The minimum absolute atomic E-state index is 0.107. The fourth-order valence-electron chi connectivity index (χ4n) is 1.76. The highest BCUT2D eigenvalue weighted by Crippen LogP contribution is 2.30. The van der Waals surface area contributed by atoms with E-state index in [9.17, 15) is 8.78 Å². The lowest BCUT2D eigenvalue weighted by atomic mass is 10.2. The van der Waals surface area contributed by atoms with Crippen molar-refractivity contribution in [2.24, 2.45) is 0 Å². The van der Waals surface area contributed by atoms with E-state index in [0.717, 1.165) is 18.2 Å². The van der Waals surface area contributed by atoms with Gasteiger partial charge < -0.3 is 10.2 Å². The van der Waals surface area contributed by atoms with E-state index in [1.807, 2.05) is 0 Å². The summed E-state index contributed by atoms with van der Waals surface area (Å²) in [7, 11) is 0. The van der Waals surface area contributed by atoms with Gasteiger partial charge in [-0.2, -0.15) is 0 Å². The number of halogens is 3. The molecule has 1 heterocycles. The third-order valence-corrected chi connectivity index (χ3v) is 2.94. The molecule has 3 aromatic rings. The van der Waals surface area contributed by atoms with E-state index in [0.29, 0.717) is 21.8 Å². The number of fused-ring (bicyclic) bond motifs is 1. The average molecular weight is 281 g/mol. The molecule has 0 bridgehead atoms. The van der Waals surface area contributed by atoms with Crippen molar-refractivity contribution < 1.29 is 13.2 Å². The molecule has 3 nitrogen and oxygen atoms in total. The monoisotopic (exact) mass is 280 g/mol. The van der Waals surface area contributed by atoms with E-state index < -0.39 is 11.6 Å². The second kappa shape index (κ2) is 4.20. The van der Waals surface area contributed by atoms with Crippen LogP contribution in [0.25, 0.3) is 22.6 Å². The van der Waals surface area contributed by atoms with Gasteiger partial charge in [0.05, 0.1) is 10.7 Å². The highest BCUT2D eigenvalue weighted by Gasteiger charge is 2.12. The van der Waals surface area contributed by atoms with Crippen LogP contribution < -0.4 is 5.73 Å². The van der Waals surface area contributed by atoms with Gasteiger partial charge in [0.15, 0.2) is 5.58 Å². The van der Waals surface area contributed by atoms with Crippen molar-refractivity contribution in [3.63, 3.8) is 0 Å². The topological polar surface area (TPSA) is 52.0 Å². The van der Waals surface area contributed by atoms with Crippen LogP contribution in [0.2, 0.25) is 5.02 Å². The molecule has 0 radical (unpaired) electrons. The summed E-state index contributed by atoms with van der Waals surface area (Å²) in [5.41, 5.74) is 7.08. The molecule has 3 rings (SSSR count). The average Bonchev–Trinajstić information content (AvgIpc) is 2.71. The van der Waals surface area contributed by atoms with Crippen LogP contribution in [0.1, 0.15) is 0 Å². The lowest BCUT2D eigenvalue weighted by Gasteiger charge is -1.96. The molecular weight excluding hydrogens is 274 g/mol. The summed E-state index contributed by atoms with van der Waals surface area (Å²) in [5, 5.41) is 0.345. The van der Waals surface area contributed by atoms with Gasteiger partial charge in [-0.15, -0.1) is 0 Å². The van der Waals surface area contributed by atoms with Gasteiger partial charge in [-0.25, -0.2) is 13.8 Å². The first-order valence-electron chi connectivity index (χ1n) is 5.35. The van der Waals surface area contributed by atoms with Crippen LogP contribution in [0, 0.1) is 11.6 Å². The van der Waals surface area contributed by atoms with Crippen molar-refractivity contribution >= 4 is 28.4 Å². The molecule has 2 N–H and O–H groups in total. The zero-order valence-corrected chi connectivity index (χ0v) is 10.2. The number of nitrogen functional groups attached to an aromatic ring is 1. The Bertz CT molecular complexity index is 726. The number of rotatable bonds is 1. The first-order chi connectivity index (χ1) is 9.02. The molecule has 2 aromatic carbocycles. The normalized spacial score (nSPS) is 11.1. The Morgan fingerprint density at radius 1 is 1.05 bits per heavy atom. The van der Waals surface area contributed by atoms with Crippen LogP contribution in [0.5, 0.6) is 0 Å². The van der Waals surface area contributed by atoms with Crippen LogP contribution in [0.15, 0.2) is 34.7 Å². The van der Waals surface area contributed by atoms with Crippen LogP contribution in [0.3, 0.4) is 0 Å². The fraction of sp³-hybridized carbons (Fsp3) is 0. The van der Waals surface area contributed by atoms with Crippen LogP contribution >= 0.6 is 11.6 Å². The lowest BCUT2D eigenvalue weighted by molar-refractivity contribution is 0.578. The van der Waals surface area contributed by atoms with Gasteiger partial charge >= 0.3 is 0 Å². The van der Waals surface area contributed by atoms with E-state index in [2.05, 4.69) is 4.98 Å². The summed E-state index contributed by atoms with van der Waals surface area (Å²) >= 11 is 5.87. The number of oxazole rings is 1. The predicted molar refractivity (Wildman–Crippen MR) is 68.8 cm³/mol. The summed E-state index contributed by atoms with van der Waals surface area (Å²) in [4.78, 5) is 4.13. The number of nitrogens with zero attached hydrogens (tertiary/aromatic N) is 1. The molecule has 96 valence electrons. The summed E-state index contributed by atoms with van der Waals surface area (Å²) in [6.07, 6.45) is 0. The number of benzene rings is 2. The Hall–Kier alpha value is -2.14. The third-order valence-electron chi connectivity index (χ3n) is 2.62. The SMILES string of the molecule is Nc1cc2oc(-c3cc(F)cc(F)c3)nc2cc1Cl. The molecule has 0 aliphatic rings. The number of aromatic nitrogens is 1. The Kier molecular flexibility index (Phi) is 2.64. The predicted octanol–water partition coefficient (Wildman–Crippen LogP) is 4.01. The van der Waals surface area contributed by atoms with E-state index in [-0.39, 0.29) is 11.5 Å². The highest BCUT2D eigenvalue weighted by atomic mass is 35.5. The quantitative estimate of drug-likeness (QED) is 0.685. The lowest BCUT2D eigenvalue weighted by Crippen LogP contribution is -1.85. The minimum Gasteiger partial charge on any atom is -0.436 e. The summed E-state index contributed by atoms with van der Waals surface area (Å²) in [6, 6.07) is 6.11. The second-order valence-corrected chi connectivity index (χ2v) is 4.43. The molecular formula is C13H7ClF2N2O. The zero-order chi connectivity index (χ0) is 13.6. The fourth-order valence-corrected chi connectivity index (χ4v) is 1.92. The maximum atomic E-state index is 13.1. The Morgan fingerprint density at radius 3 is 2.42 bits per heavy atom. The molecule has 0 aliphatic heterocycles. The van der Waals surface area contributed by atoms with Gasteiger partial charge in [-0.1, -0.05) is 11.6 Å². The van der Waals surface area contributed by atoms with Gasteiger partial charge in [0.2, 0.25) is 5.89 Å². The maximum Gasteiger partial charge on any atom is 0.227 e. The van der Waals surface area contributed by atoms with Crippen molar-refractivity contribution in [1.29, 1.82) is 0 Å². The molecule has 19 heavy (non-hydrogen) atoms. The van der Waals surface area contributed by atoms with Crippen LogP contribution in [-0.4, -0.2) is 4.98 Å². The zero-order valence-electron chi connectivity index (χ0n) is 9.45. The summed E-state index contributed by atoms with van der Waals surface area (Å²) in [5.74, 6) is -1.29. The van der Waals surface area contributed by atoms with Gasteiger partial charge in [-0.05, 0) is 18.2 Å². The van der Waals surface area contributed by atoms with Gasteiger partial charge in [0.25, 0.3) is 0 Å². The number of nitrogens with two attached hydrogens (primary N) is 1. The van der Waals surface area contributed by atoms with E-state index in [1.165, 1.54) is 12.1 Å². The van der Waals surface area contributed by atoms with Crippen LogP contribution in [0.4, 0.5) is 14.5 Å². The molecule has 6 heteroatoms. The summed E-state index contributed by atoms with van der Waals surface area (Å²) < 4.78 is 31.7. The first kappa shape index (κ1) is 11.9. The van der Waals surface area contributed by atoms with E-state index >= 15 is 0 Å². The van der Waals surface area contributed by atoms with E-state index in [4.69, 9.17) is 21.8 Å². The standard InChI is InChI=1S/C13H7ClF2N2O/c14-9-4-11-12(5-10(9)17)19-13(18-11)6-1-7(15)3-8(16)2-6/h1-5H,17H2. The summed E-state index contributed by atoms with van der Waals surface area (Å²) in [6.45, 7) is 0. The van der Waals surface area contributed by atoms with Gasteiger partial charge in [0, 0.05) is 17.7 Å². The molecule has 1 aromatic heterocycles. The first-order valence-corrected chi connectivity index (χ1v) is 5.73. The van der Waals surface area contributed by atoms with Crippen LogP contribution in [-0.2, 0) is 0 Å². The maximum absolute atomic E-state index is 13.1. The second-order valence-electron chi connectivity index (χ2n) is 4.02. The smallest absolute Gasteiger partial charge is 0.227 e. The Labute approximate surface area is 111 Å². The van der Waals surface area contributed by atoms with Crippen molar-refractivity contribution in [1.82, 2.24) is 4.98 Å². The van der Waals surface area contributed by atoms with Crippen molar-refractivity contribution in [3.05, 3.63) is 47.0 Å². The van der Waals surface area contributed by atoms with Gasteiger partial charge in [0.1, 0.15) is 17.2 Å². The van der Waals surface area contributed by atoms with Crippen molar-refractivity contribution in [2.45, 2.75) is 0 Å². The molecule has 0 unspecified atom stereocenters. The van der Waals surface area contributed by atoms with Crippen molar-refractivity contribution in [3.8, 4) is 11.5 Å². The molecule has 0 fully saturated rings. The molecule has 0 saturated carbocycles. The number of anilines is 1. The number of hydrogen-bond acceptors (Lipinski definition) is 3. The Morgan fingerprint density at radius 2 is 1.74 bits per heavy atom. The third kappa shape index (κ3) is 2.13. The largest absolute Gasteiger partial charge is 0.436 e. The number of hydrogen-bond donors (Lipinski definition) is 1. The molecule has 0 spiro atoms. The van der Waals surface area contributed by atoms with E-state index in [1.54, 1.807) is 0 Å². The molecule has 0 aliphatic carbocycles. The molecule has 0 atom stereocenters. The molecule has 0 saturated heterocycles.